The molecule has 4 rings (SSSR count). The Hall–Kier alpha value is -3.25. The number of hydrogen-bond acceptors (Lipinski definition) is 10. The van der Waals surface area contributed by atoms with Crippen molar-refractivity contribution in [2.45, 2.75) is 45.3 Å². The Kier molecular flexibility index (Phi) is 5.50. The number of rotatable bonds is 5. The molecule has 4 atom stereocenters. The van der Waals surface area contributed by atoms with Gasteiger partial charge in [0.25, 0.3) is 0 Å². The summed E-state index contributed by atoms with van der Waals surface area (Å²) in [6.07, 6.45) is 0.702. The summed E-state index contributed by atoms with van der Waals surface area (Å²) in [6, 6.07) is 0. The summed E-state index contributed by atoms with van der Waals surface area (Å²) in [4.78, 5) is 47.5. The Morgan fingerprint density at radius 2 is 1.81 bits per heavy atom. The van der Waals surface area contributed by atoms with E-state index in [9.17, 15) is 14.4 Å². The molecule has 3 aromatic heterocycles. The van der Waals surface area contributed by atoms with Crippen LogP contribution in [0.15, 0.2) is 18.7 Å². The molecule has 12 nitrogen and oxygen atoms in total. The van der Waals surface area contributed by atoms with Crippen molar-refractivity contribution in [3.63, 3.8) is 0 Å². The van der Waals surface area contributed by atoms with E-state index in [1.54, 1.807) is 21.4 Å². The highest BCUT2D eigenvalue weighted by Crippen LogP contribution is 2.37. The fourth-order valence-corrected chi connectivity index (χ4v) is 3.73. The fraction of sp³-hybridized carbons (Fsp3) is 0.444. The number of hydrogen-bond donors (Lipinski definition) is 0. The molecule has 1 saturated heterocycles. The summed E-state index contributed by atoms with van der Waals surface area (Å²) in [5.74, 6) is -1.43. The van der Waals surface area contributed by atoms with E-state index in [0.717, 1.165) is 0 Å². The van der Waals surface area contributed by atoms with Crippen molar-refractivity contribution in [2.75, 3.05) is 6.61 Å². The van der Waals surface area contributed by atoms with Gasteiger partial charge in [0, 0.05) is 33.2 Å². The van der Waals surface area contributed by atoms with Gasteiger partial charge in [-0.15, -0.1) is 0 Å². The molecule has 0 saturated carbocycles. The van der Waals surface area contributed by atoms with Gasteiger partial charge in [0.15, 0.2) is 29.2 Å². The van der Waals surface area contributed by atoms with Crippen molar-refractivity contribution in [1.82, 2.24) is 23.9 Å². The van der Waals surface area contributed by atoms with Gasteiger partial charge in [-0.05, 0) is 0 Å². The first-order valence-electron chi connectivity index (χ1n) is 9.24. The van der Waals surface area contributed by atoms with E-state index in [2.05, 4.69) is 15.0 Å². The van der Waals surface area contributed by atoms with Crippen LogP contribution >= 0.6 is 11.6 Å². The first kappa shape index (κ1) is 21.0. The number of aromatic nitrogens is 5. The molecule has 0 aliphatic carbocycles. The second-order valence-corrected chi connectivity index (χ2v) is 7.20. The van der Waals surface area contributed by atoms with Crippen LogP contribution in [0.2, 0.25) is 5.15 Å². The molecule has 0 aromatic carbocycles. The summed E-state index contributed by atoms with van der Waals surface area (Å²) in [5, 5.41) is 0.127. The topological polar surface area (TPSA) is 136 Å². The highest BCUT2D eigenvalue weighted by atomic mass is 35.5. The number of nitrogens with zero attached hydrogens (tertiary/aromatic N) is 5. The Morgan fingerprint density at radius 1 is 1.10 bits per heavy atom. The normalized spacial score (nSPS) is 23.2. The fourth-order valence-electron chi connectivity index (χ4n) is 3.53. The molecule has 13 heteroatoms. The minimum Gasteiger partial charge on any atom is -0.463 e. The molecule has 1 fully saturated rings. The maximum absolute atomic E-state index is 11.8. The van der Waals surface area contributed by atoms with E-state index in [0.29, 0.717) is 16.9 Å². The number of fused-ring (bicyclic) bond motifs is 3. The zero-order valence-electron chi connectivity index (χ0n) is 16.7. The maximum atomic E-state index is 11.8. The Bertz CT molecular complexity index is 1170. The highest BCUT2D eigenvalue weighted by molar-refractivity contribution is 6.33. The smallest absolute Gasteiger partial charge is 0.303 e. The molecule has 0 N–H and O–H groups in total. The SMILES string of the molecule is CC(=O)OCC1OC(n2cnc3c(Cl)nc4nccn4c32)C(OC(C)=O)C1OC(C)=O. The molecule has 4 heterocycles. The van der Waals surface area contributed by atoms with E-state index in [4.69, 9.17) is 30.5 Å². The molecule has 1 aliphatic heterocycles. The molecule has 0 spiro atoms. The average Bonchev–Trinajstić information content (AvgIpc) is 3.37. The highest BCUT2D eigenvalue weighted by Gasteiger charge is 2.51. The van der Waals surface area contributed by atoms with Gasteiger partial charge in [0.1, 0.15) is 18.2 Å². The van der Waals surface area contributed by atoms with E-state index in [1.165, 1.54) is 27.1 Å². The molecule has 0 amide bonds. The molecule has 164 valence electrons. The standard InChI is InChI=1S/C18H18ClN5O7/c1-8(25)28-6-11-13(29-9(2)26)14(30-10(3)27)17(31-11)24-7-21-12-15(19)22-18-20-4-5-23(18)16(12)24/h4-5,7,11,13-14,17H,6H2,1-3H3. The van der Waals surface area contributed by atoms with E-state index in [1.807, 2.05) is 0 Å². The van der Waals surface area contributed by atoms with Gasteiger partial charge in [-0.2, -0.15) is 4.98 Å². The number of ether oxygens (including phenoxy) is 4. The van der Waals surface area contributed by atoms with Crippen LogP contribution in [0.25, 0.3) is 16.9 Å². The van der Waals surface area contributed by atoms with Gasteiger partial charge >= 0.3 is 17.9 Å². The zero-order chi connectivity index (χ0) is 22.3. The van der Waals surface area contributed by atoms with Crippen molar-refractivity contribution in [1.29, 1.82) is 0 Å². The van der Waals surface area contributed by atoms with Crippen LogP contribution in [0, 0.1) is 0 Å². The van der Waals surface area contributed by atoms with Crippen LogP contribution in [0.1, 0.15) is 27.0 Å². The molecule has 3 aromatic rings. The van der Waals surface area contributed by atoms with Gasteiger partial charge in [-0.3, -0.25) is 23.4 Å². The minimum absolute atomic E-state index is 0.127. The summed E-state index contributed by atoms with van der Waals surface area (Å²) in [7, 11) is 0. The van der Waals surface area contributed by atoms with Gasteiger partial charge in [-0.25, -0.2) is 9.97 Å². The van der Waals surface area contributed by atoms with Crippen LogP contribution in [-0.2, 0) is 33.3 Å². The number of carbonyl (C=O) groups is 3. The third-order valence-electron chi connectivity index (χ3n) is 4.63. The first-order valence-corrected chi connectivity index (χ1v) is 9.62. The number of esters is 3. The van der Waals surface area contributed by atoms with Crippen molar-refractivity contribution in [3.8, 4) is 0 Å². The first-order chi connectivity index (χ1) is 14.8. The summed E-state index contributed by atoms with van der Waals surface area (Å²) < 4.78 is 25.2. The molecular formula is C18H18ClN5O7. The second kappa shape index (κ2) is 8.12. The lowest BCUT2D eigenvalue weighted by Gasteiger charge is -2.24. The lowest BCUT2D eigenvalue weighted by Crippen LogP contribution is -2.40. The third kappa shape index (κ3) is 3.91. The van der Waals surface area contributed by atoms with Crippen LogP contribution in [0.3, 0.4) is 0 Å². The van der Waals surface area contributed by atoms with Crippen LogP contribution < -0.4 is 0 Å². The van der Waals surface area contributed by atoms with Crippen molar-refractivity contribution >= 4 is 46.5 Å². The molecule has 31 heavy (non-hydrogen) atoms. The number of imidazole rings is 2. The predicted molar refractivity (Wildman–Crippen MR) is 103 cm³/mol. The van der Waals surface area contributed by atoms with Crippen molar-refractivity contribution in [3.05, 3.63) is 23.9 Å². The summed E-state index contributed by atoms with van der Waals surface area (Å²) in [6.45, 7) is 3.47. The molecular weight excluding hydrogens is 434 g/mol. The Morgan fingerprint density at radius 3 is 2.48 bits per heavy atom. The van der Waals surface area contributed by atoms with Crippen molar-refractivity contribution < 1.29 is 33.3 Å². The zero-order valence-corrected chi connectivity index (χ0v) is 17.5. The van der Waals surface area contributed by atoms with Crippen LogP contribution in [-0.4, -0.2) is 66.7 Å². The second-order valence-electron chi connectivity index (χ2n) is 6.84. The van der Waals surface area contributed by atoms with Gasteiger partial charge in [0.2, 0.25) is 5.78 Å². The Labute approximate surface area is 180 Å². The van der Waals surface area contributed by atoms with Gasteiger partial charge in [-0.1, -0.05) is 11.6 Å². The molecule has 1 aliphatic rings. The van der Waals surface area contributed by atoms with Crippen molar-refractivity contribution in [2.24, 2.45) is 0 Å². The van der Waals surface area contributed by atoms with Gasteiger partial charge in [0.05, 0.1) is 6.33 Å². The van der Waals surface area contributed by atoms with E-state index >= 15 is 0 Å². The van der Waals surface area contributed by atoms with Gasteiger partial charge < -0.3 is 18.9 Å². The lowest BCUT2D eigenvalue weighted by atomic mass is 10.1. The lowest BCUT2D eigenvalue weighted by molar-refractivity contribution is -0.166. The third-order valence-corrected chi connectivity index (χ3v) is 4.89. The molecule has 4 unspecified atom stereocenters. The van der Waals surface area contributed by atoms with Crippen LogP contribution in [0.5, 0.6) is 0 Å². The molecule has 0 radical (unpaired) electrons. The number of halogens is 1. The monoisotopic (exact) mass is 451 g/mol. The molecule has 0 bridgehead atoms. The maximum Gasteiger partial charge on any atom is 0.303 e. The predicted octanol–water partition coefficient (Wildman–Crippen LogP) is 1.06. The summed E-state index contributed by atoms with van der Waals surface area (Å²) in [5.41, 5.74) is 0.842. The quantitative estimate of drug-likeness (QED) is 0.314. The number of carbonyl (C=O) groups excluding carboxylic acids is 3. The van der Waals surface area contributed by atoms with E-state index in [-0.39, 0.29) is 11.8 Å². The van der Waals surface area contributed by atoms with E-state index < -0.39 is 42.4 Å². The average molecular weight is 452 g/mol. The minimum atomic E-state index is -1.05. The Balaban J connectivity index is 1.82. The largest absolute Gasteiger partial charge is 0.463 e. The summed E-state index contributed by atoms with van der Waals surface area (Å²) >= 11 is 6.25. The van der Waals surface area contributed by atoms with Crippen LogP contribution in [0.4, 0.5) is 0 Å².